The fourth-order valence-corrected chi connectivity index (χ4v) is 3.73. The number of rotatable bonds is 4. The summed E-state index contributed by atoms with van der Waals surface area (Å²) >= 11 is 0. The van der Waals surface area contributed by atoms with Gasteiger partial charge in [0.05, 0.1) is 25.2 Å². The highest BCUT2D eigenvalue weighted by Crippen LogP contribution is 2.35. The maximum atomic E-state index is 12.6. The molecule has 5 rings (SSSR count). The fourth-order valence-electron chi connectivity index (χ4n) is 3.73. The van der Waals surface area contributed by atoms with Gasteiger partial charge in [-0.3, -0.25) is 4.79 Å². The number of hydrogen-bond donors (Lipinski definition) is 2. The number of fused-ring (bicyclic) bond motifs is 3. The molecule has 0 saturated carbocycles. The van der Waals surface area contributed by atoms with Crippen LogP contribution in [0, 0.1) is 0 Å². The number of carbonyl (C=O) groups excluding carboxylic acids is 1. The number of imidazole rings is 1. The summed E-state index contributed by atoms with van der Waals surface area (Å²) in [5.41, 5.74) is 9.66. The highest BCUT2D eigenvalue weighted by atomic mass is 19.4. The first-order chi connectivity index (χ1) is 15.3. The molecule has 0 unspecified atom stereocenters. The summed E-state index contributed by atoms with van der Waals surface area (Å²) < 4.78 is 46.5. The summed E-state index contributed by atoms with van der Waals surface area (Å²) in [6.45, 7) is 0.550. The van der Waals surface area contributed by atoms with E-state index < -0.39 is 17.8 Å². The van der Waals surface area contributed by atoms with Gasteiger partial charge in [-0.25, -0.2) is 15.0 Å². The Labute approximate surface area is 178 Å². The summed E-state index contributed by atoms with van der Waals surface area (Å²) in [5, 5.41) is 2.66. The smallest absolute Gasteiger partial charge is 0.382 e. The Kier molecular flexibility index (Phi) is 4.59. The molecule has 164 valence electrons. The molecule has 12 heteroatoms. The van der Waals surface area contributed by atoms with Crippen LogP contribution in [0.2, 0.25) is 0 Å². The lowest BCUT2D eigenvalue weighted by Gasteiger charge is -2.12. The van der Waals surface area contributed by atoms with Gasteiger partial charge in [0.25, 0.3) is 0 Å². The minimum absolute atomic E-state index is 0.300. The van der Waals surface area contributed by atoms with Crippen molar-refractivity contribution in [2.24, 2.45) is 0 Å². The van der Waals surface area contributed by atoms with E-state index in [1.165, 1.54) is 6.33 Å². The average molecular weight is 443 g/mol. The van der Waals surface area contributed by atoms with Crippen LogP contribution in [0.15, 0.2) is 43.1 Å². The lowest BCUT2D eigenvalue weighted by molar-refractivity contribution is -0.141. The normalized spacial score (nSPS) is 13.5. The van der Waals surface area contributed by atoms with Crippen LogP contribution in [-0.2, 0) is 35.5 Å². The first-order valence-electron chi connectivity index (χ1n) is 9.51. The molecule has 4 heterocycles. The van der Waals surface area contributed by atoms with Gasteiger partial charge in [-0.15, -0.1) is 0 Å². The highest BCUT2D eigenvalue weighted by molar-refractivity contribution is 5.92. The van der Waals surface area contributed by atoms with Crippen LogP contribution in [0.25, 0.3) is 16.7 Å². The number of nitrogen functional groups attached to an aromatic ring is 1. The van der Waals surface area contributed by atoms with Crippen LogP contribution in [0.3, 0.4) is 0 Å². The molecule has 0 radical (unpaired) electrons. The van der Waals surface area contributed by atoms with Crippen molar-refractivity contribution < 1.29 is 22.7 Å². The number of nitrogens with two attached hydrogens (primary N) is 1. The van der Waals surface area contributed by atoms with Gasteiger partial charge in [0.2, 0.25) is 5.91 Å². The zero-order valence-electron chi connectivity index (χ0n) is 16.4. The number of anilines is 2. The number of benzene rings is 1. The molecule has 4 aromatic rings. The number of alkyl halides is 3. The zero-order valence-corrected chi connectivity index (χ0v) is 16.4. The molecule has 32 heavy (non-hydrogen) atoms. The second-order valence-corrected chi connectivity index (χ2v) is 7.23. The third-order valence-electron chi connectivity index (χ3n) is 5.12. The summed E-state index contributed by atoms with van der Waals surface area (Å²) in [5.74, 6) is -0.137. The lowest BCUT2D eigenvalue weighted by Crippen LogP contribution is -2.18. The standard InChI is InChI=1S/C20H16F3N7O2/c21-20(22,23)15-5-29(10-27-15)6-16(31)28-11-1-3-12(4-2-11)30-14-8-32-7-13(14)17-18(30)19(24)26-9-25-17/h1-5,9-10H,6-8H2,(H,28,31)(H2,24,25,26). The maximum Gasteiger partial charge on any atom is 0.434 e. The molecule has 1 aromatic carbocycles. The van der Waals surface area contributed by atoms with E-state index in [9.17, 15) is 18.0 Å². The van der Waals surface area contributed by atoms with Gasteiger partial charge < -0.3 is 24.9 Å². The van der Waals surface area contributed by atoms with Crippen LogP contribution in [0.1, 0.15) is 17.0 Å². The minimum Gasteiger partial charge on any atom is -0.382 e. The second kappa shape index (κ2) is 7.34. The third-order valence-corrected chi connectivity index (χ3v) is 5.12. The van der Waals surface area contributed by atoms with Crippen LogP contribution < -0.4 is 11.1 Å². The van der Waals surface area contributed by atoms with Crippen molar-refractivity contribution in [1.82, 2.24) is 24.1 Å². The van der Waals surface area contributed by atoms with Crippen LogP contribution >= 0.6 is 0 Å². The van der Waals surface area contributed by atoms with Crippen molar-refractivity contribution in [3.05, 3.63) is 60.1 Å². The molecule has 1 amide bonds. The SMILES string of the molecule is Nc1ncnc2c3c(n(-c4ccc(NC(=O)Cn5cnc(C(F)(F)F)c5)cc4)c12)COC3. The van der Waals surface area contributed by atoms with Gasteiger partial charge in [-0.2, -0.15) is 13.2 Å². The van der Waals surface area contributed by atoms with E-state index in [1.807, 2.05) is 4.57 Å². The van der Waals surface area contributed by atoms with Crippen molar-refractivity contribution in [2.45, 2.75) is 25.9 Å². The highest BCUT2D eigenvalue weighted by Gasteiger charge is 2.33. The van der Waals surface area contributed by atoms with E-state index in [1.54, 1.807) is 24.3 Å². The van der Waals surface area contributed by atoms with Crippen molar-refractivity contribution in [2.75, 3.05) is 11.1 Å². The van der Waals surface area contributed by atoms with Crippen LogP contribution in [0.4, 0.5) is 24.7 Å². The largest absolute Gasteiger partial charge is 0.434 e. The van der Waals surface area contributed by atoms with E-state index in [0.717, 1.165) is 39.6 Å². The van der Waals surface area contributed by atoms with Crippen molar-refractivity contribution in [1.29, 1.82) is 0 Å². The molecular formula is C20H16F3N7O2. The Morgan fingerprint density at radius 2 is 1.94 bits per heavy atom. The summed E-state index contributed by atoms with van der Waals surface area (Å²) in [4.78, 5) is 23.9. The number of amides is 1. The fraction of sp³-hybridized carbons (Fsp3) is 0.200. The zero-order chi connectivity index (χ0) is 22.5. The number of nitrogens with zero attached hydrogens (tertiary/aromatic N) is 5. The predicted octanol–water partition coefficient (Wildman–Crippen LogP) is 2.89. The summed E-state index contributed by atoms with van der Waals surface area (Å²) in [6.07, 6.45) is -1.39. The number of aromatic nitrogens is 5. The van der Waals surface area contributed by atoms with Crippen LogP contribution in [0.5, 0.6) is 0 Å². The molecule has 0 atom stereocenters. The number of halogens is 3. The van der Waals surface area contributed by atoms with Crippen molar-refractivity contribution >= 4 is 28.4 Å². The van der Waals surface area contributed by atoms with Crippen LogP contribution in [-0.4, -0.2) is 30.0 Å². The lowest BCUT2D eigenvalue weighted by atomic mass is 10.2. The Morgan fingerprint density at radius 3 is 2.66 bits per heavy atom. The number of ether oxygens (including phenoxy) is 1. The molecule has 1 aliphatic rings. The average Bonchev–Trinajstić information content (AvgIpc) is 3.45. The molecule has 0 fully saturated rings. The number of nitrogens with one attached hydrogen (secondary N) is 1. The predicted molar refractivity (Wildman–Crippen MR) is 108 cm³/mol. The minimum atomic E-state index is -4.56. The Balaban J connectivity index is 1.37. The number of hydrogen-bond acceptors (Lipinski definition) is 6. The third kappa shape index (κ3) is 3.43. The Morgan fingerprint density at radius 1 is 1.16 bits per heavy atom. The maximum absolute atomic E-state index is 12.6. The van der Waals surface area contributed by atoms with Gasteiger partial charge in [-0.1, -0.05) is 0 Å². The van der Waals surface area contributed by atoms with Crippen molar-refractivity contribution in [3.63, 3.8) is 0 Å². The molecule has 9 nitrogen and oxygen atoms in total. The van der Waals surface area contributed by atoms with Gasteiger partial charge in [-0.05, 0) is 24.3 Å². The molecule has 3 N–H and O–H groups in total. The van der Waals surface area contributed by atoms with E-state index in [4.69, 9.17) is 10.5 Å². The molecule has 0 saturated heterocycles. The molecule has 3 aromatic heterocycles. The van der Waals surface area contributed by atoms with Gasteiger partial charge in [0.15, 0.2) is 11.5 Å². The molecular weight excluding hydrogens is 427 g/mol. The number of carbonyl (C=O) groups is 1. The Hall–Kier alpha value is -3.93. The molecule has 0 aliphatic carbocycles. The molecule has 0 spiro atoms. The summed E-state index contributed by atoms with van der Waals surface area (Å²) in [6, 6.07) is 6.96. The topological polar surface area (TPSA) is 113 Å². The quantitative estimate of drug-likeness (QED) is 0.502. The summed E-state index contributed by atoms with van der Waals surface area (Å²) in [7, 11) is 0. The van der Waals surface area contributed by atoms with E-state index in [2.05, 4.69) is 20.3 Å². The Bertz CT molecular complexity index is 1330. The second-order valence-electron chi connectivity index (χ2n) is 7.23. The van der Waals surface area contributed by atoms with E-state index >= 15 is 0 Å². The van der Waals surface area contributed by atoms with Gasteiger partial charge in [0, 0.05) is 23.1 Å². The first-order valence-corrected chi connectivity index (χ1v) is 9.51. The van der Waals surface area contributed by atoms with E-state index in [-0.39, 0.29) is 6.54 Å². The monoisotopic (exact) mass is 443 g/mol. The first kappa shape index (κ1) is 20.0. The van der Waals surface area contributed by atoms with Gasteiger partial charge in [0.1, 0.15) is 23.9 Å². The van der Waals surface area contributed by atoms with Gasteiger partial charge >= 0.3 is 6.18 Å². The molecule has 0 bridgehead atoms. The van der Waals surface area contributed by atoms with Crippen molar-refractivity contribution in [3.8, 4) is 5.69 Å². The molecule has 1 aliphatic heterocycles. The van der Waals surface area contributed by atoms with E-state index in [0.29, 0.717) is 30.2 Å².